The quantitative estimate of drug-likeness (QED) is 0.342. The van der Waals surface area contributed by atoms with Crippen molar-refractivity contribution in [3.05, 3.63) is 23.8 Å². The molecule has 0 radical (unpaired) electrons. The molecule has 0 aliphatic carbocycles. The van der Waals surface area contributed by atoms with Gasteiger partial charge in [0.2, 0.25) is 0 Å². The molecule has 60 valence electrons. The fourth-order valence-corrected chi connectivity index (χ4v) is 0.799. The molecule has 4 heteroatoms. The molecule has 4 nitrogen and oxygen atoms in total. The molecule has 11 heavy (non-hydrogen) atoms. The van der Waals surface area contributed by atoms with Crippen LogP contribution in [-0.4, -0.2) is 5.26 Å². The standard InChI is InChI=1S/C7H10N2O2/c1-5-2-3-6(8)4-7(5)9-11-10/h2-4,9-10H,8H2,1H3. The molecule has 0 bridgehead atoms. The van der Waals surface area contributed by atoms with Gasteiger partial charge >= 0.3 is 0 Å². The molecular weight excluding hydrogens is 144 g/mol. The smallest absolute Gasteiger partial charge is 0.0684 e. The lowest BCUT2D eigenvalue weighted by Crippen LogP contribution is -1.99. The Balaban J connectivity index is 2.93. The van der Waals surface area contributed by atoms with E-state index in [0.29, 0.717) is 11.4 Å². The maximum Gasteiger partial charge on any atom is 0.0684 e. The minimum absolute atomic E-state index is 0.621. The monoisotopic (exact) mass is 154 g/mol. The molecule has 4 N–H and O–H groups in total. The molecule has 0 heterocycles. The number of anilines is 2. The molecule has 1 aromatic carbocycles. The van der Waals surface area contributed by atoms with Gasteiger partial charge in [0.25, 0.3) is 0 Å². The van der Waals surface area contributed by atoms with E-state index in [1.165, 1.54) is 0 Å². The van der Waals surface area contributed by atoms with Gasteiger partial charge in [-0.2, -0.15) is 0 Å². The molecule has 0 spiro atoms. The van der Waals surface area contributed by atoms with E-state index < -0.39 is 0 Å². The molecule has 0 aromatic heterocycles. The second kappa shape index (κ2) is 3.23. The van der Waals surface area contributed by atoms with Crippen LogP contribution in [0.15, 0.2) is 18.2 Å². The van der Waals surface area contributed by atoms with E-state index in [-0.39, 0.29) is 0 Å². The third kappa shape index (κ3) is 1.83. The Morgan fingerprint density at radius 2 is 2.27 bits per heavy atom. The minimum Gasteiger partial charge on any atom is -0.399 e. The number of hydrogen-bond acceptors (Lipinski definition) is 4. The van der Waals surface area contributed by atoms with Crippen molar-refractivity contribution in [1.82, 2.24) is 0 Å². The highest BCUT2D eigenvalue weighted by Crippen LogP contribution is 2.17. The topological polar surface area (TPSA) is 67.5 Å². The van der Waals surface area contributed by atoms with Gasteiger partial charge < -0.3 is 5.73 Å². The maximum absolute atomic E-state index is 8.08. The lowest BCUT2D eigenvalue weighted by atomic mass is 10.2. The van der Waals surface area contributed by atoms with Crippen molar-refractivity contribution in [3.63, 3.8) is 0 Å². The molecular formula is C7H10N2O2. The first-order valence-electron chi connectivity index (χ1n) is 3.16. The summed E-state index contributed by atoms with van der Waals surface area (Å²) in [5, 5.41) is 8.08. The normalized spacial score (nSPS) is 9.64. The first kappa shape index (κ1) is 7.84. The summed E-state index contributed by atoms with van der Waals surface area (Å²) in [7, 11) is 0. The summed E-state index contributed by atoms with van der Waals surface area (Å²) in [4.78, 5) is 3.76. The highest BCUT2D eigenvalue weighted by atomic mass is 17.2. The first-order valence-corrected chi connectivity index (χ1v) is 3.16. The van der Waals surface area contributed by atoms with E-state index >= 15 is 0 Å². The number of hydrogen-bond donors (Lipinski definition) is 3. The Bertz CT molecular complexity index is 250. The predicted molar refractivity (Wildman–Crippen MR) is 42.9 cm³/mol. The van der Waals surface area contributed by atoms with Gasteiger partial charge in [-0.3, -0.25) is 0 Å². The van der Waals surface area contributed by atoms with E-state index in [9.17, 15) is 0 Å². The fraction of sp³-hybridized carbons (Fsp3) is 0.143. The van der Waals surface area contributed by atoms with Crippen LogP contribution < -0.4 is 11.2 Å². The average molecular weight is 154 g/mol. The van der Waals surface area contributed by atoms with Gasteiger partial charge in [-0.15, -0.1) is 4.99 Å². The Kier molecular flexibility index (Phi) is 2.30. The minimum atomic E-state index is 0.621. The fourth-order valence-electron chi connectivity index (χ4n) is 0.799. The van der Waals surface area contributed by atoms with Crippen LogP contribution in [0.2, 0.25) is 0 Å². The molecule has 0 aliphatic rings. The molecule has 0 atom stereocenters. The molecule has 1 rings (SSSR count). The molecule has 0 unspecified atom stereocenters. The lowest BCUT2D eigenvalue weighted by Gasteiger charge is -2.05. The number of aryl methyl sites for hydroxylation is 1. The molecule has 0 saturated carbocycles. The van der Waals surface area contributed by atoms with E-state index in [2.05, 4.69) is 10.5 Å². The zero-order valence-corrected chi connectivity index (χ0v) is 6.16. The molecule has 0 saturated heterocycles. The lowest BCUT2D eigenvalue weighted by molar-refractivity contribution is -0.215. The summed E-state index contributed by atoms with van der Waals surface area (Å²) in [5.41, 5.74) is 10.0. The summed E-state index contributed by atoms with van der Waals surface area (Å²) < 4.78 is 0. The van der Waals surface area contributed by atoms with Crippen LogP contribution >= 0.6 is 0 Å². The van der Waals surface area contributed by atoms with E-state index in [1.807, 2.05) is 13.0 Å². The SMILES string of the molecule is Cc1ccc(N)cc1NOO. The van der Waals surface area contributed by atoms with Gasteiger partial charge in [-0.05, 0) is 24.6 Å². The van der Waals surface area contributed by atoms with Crippen molar-refractivity contribution in [2.45, 2.75) is 6.92 Å². The average Bonchev–Trinajstić information content (AvgIpc) is 1.98. The number of nitrogens with one attached hydrogen (secondary N) is 1. The van der Waals surface area contributed by atoms with Gasteiger partial charge in [0, 0.05) is 5.69 Å². The van der Waals surface area contributed by atoms with E-state index in [1.54, 1.807) is 12.1 Å². The van der Waals surface area contributed by atoms with E-state index in [4.69, 9.17) is 11.0 Å². The zero-order chi connectivity index (χ0) is 8.27. The number of nitrogens with two attached hydrogens (primary N) is 1. The Labute approximate surface area is 64.5 Å². The van der Waals surface area contributed by atoms with Gasteiger partial charge in [0.1, 0.15) is 0 Å². The van der Waals surface area contributed by atoms with Crippen molar-refractivity contribution < 1.29 is 10.2 Å². The summed E-state index contributed by atoms with van der Waals surface area (Å²) in [6.45, 7) is 1.88. The van der Waals surface area contributed by atoms with Crippen LogP contribution in [0.1, 0.15) is 5.56 Å². The second-order valence-electron chi connectivity index (χ2n) is 2.27. The van der Waals surface area contributed by atoms with Crippen molar-refractivity contribution in [2.75, 3.05) is 11.2 Å². The van der Waals surface area contributed by atoms with Gasteiger partial charge in [0.05, 0.1) is 5.69 Å². The van der Waals surface area contributed by atoms with Crippen molar-refractivity contribution in [3.8, 4) is 0 Å². The second-order valence-corrected chi connectivity index (χ2v) is 2.27. The van der Waals surface area contributed by atoms with Crippen LogP contribution in [0.5, 0.6) is 0 Å². The summed E-state index contributed by atoms with van der Waals surface area (Å²) >= 11 is 0. The van der Waals surface area contributed by atoms with Crippen molar-refractivity contribution in [2.24, 2.45) is 0 Å². The van der Waals surface area contributed by atoms with Crippen LogP contribution in [0.3, 0.4) is 0 Å². The van der Waals surface area contributed by atoms with Crippen molar-refractivity contribution in [1.29, 1.82) is 0 Å². The summed E-state index contributed by atoms with van der Waals surface area (Å²) in [6.07, 6.45) is 0. The first-order chi connectivity index (χ1) is 5.24. The third-order valence-corrected chi connectivity index (χ3v) is 1.42. The zero-order valence-electron chi connectivity index (χ0n) is 6.16. The third-order valence-electron chi connectivity index (χ3n) is 1.42. The Hall–Kier alpha value is -1.26. The van der Waals surface area contributed by atoms with Gasteiger partial charge in [0.15, 0.2) is 0 Å². The number of rotatable bonds is 2. The van der Waals surface area contributed by atoms with Gasteiger partial charge in [-0.1, -0.05) is 6.07 Å². The van der Waals surface area contributed by atoms with Crippen LogP contribution in [0.25, 0.3) is 0 Å². The highest BCUT2D eigenvalue weighted by molar-refractivity contribution is 5.57. The Morgan fingerprint density at radius 1 is 1.55 bits per heavy atom. The molecule has 0 aliphatic heterocycles. The molecule has 0 fully saturated rings. The largest absolute Gasteiger partial charge is 0.399 e. The van der Waals surface area contributed by atoms with Crippen LogP contribution in [0, 0.1) is 6.92 Å². The summed E-state index contributed by atoms with van der Waals surface area (Å²) in [5.74, 6) is 0. The molecule has 0 amide bonds. The van der Waals surface area contributed by atoms with Crippen LogP contribution in [0.4, 0.5) is 11.4 Å². The predicted octanol–water partition coefficient (Wildman–Crippen LogP) is 1.39. The maximum atomic E-state index is 8.08. The summed E-state index contributed by atoms with van der Waals surface area (Å²) in [6, 6.07) is 5.28. The van der Waals surface area contributed by atoms with Crippen molar-refractivity contribution >= 4 is 11.4 Å². The number of nitrogen functional groups attached to an aromatic ring is 1. The number of benzene rings is 1. The van der Waals surface area contributed by atoms with E-state index in [0.717, 1.165) is 5.56 Å². The Morgan fingerprint density at radius 3 is 2.91 bits per heavy atom. The molecule has 1 aromatic rings. The van der Waals surface area contributed by atoms with Gasteiger partial charge in [-0.25, -0.2) is 10.7 Å². The highest BCUT2D eigenvalue weighted by Gasteiger charge is 1.96. The van der Waals surface area contributed by atoms with Crippen LogP contribution in [-0.2, 0) is 4.99 Å².